The maximum atomic E-state index is 12.6. The van der Waals surface area contributed by atoms with Crippen molar-refractivity contribution in [2.24, 2.45) is 0 Å². The van der Waals surface area contributed by atoms with Gasteiger partial charge in [-0.2, -0.15) is 0 Å². The van der Waals surface area contributed by atoms with Gasteiger partial charge in [-0.3, -0.25) is 14.3 Å². The first-order chi connectivity index (χ1) is 19.9. The SMILES string of the molecule is CCCCCCCC=CCCCCCCCC(=O)N[C@@H](CCP(=O)(O)O)Cc1ccc(OCc2ccccn2)cc1. The smallest absolute Gasteiger partial charge is 0.325 e. The molecule has 1 heterocycles. The summed E-state index contributed by atoms with van der Waals surface area (Å²) in [5.41, 5.74) is 1.81. The third kappa shape index (κ3) is 18.6. The van der Waals surface area contributed by atoms with Crippen molar-refractivity contribution in [2.75, 3.05) is 6.16 Å². The predicted octanol–water partition coefficient (Wildman–Crippen LogP) is 7.90. The standard InChI is InChI=1S/C33H51N2O5P/c1-2-3-4-5-6-7-8-9-10-11-12-13-14-15-19-33(36)35-30(24-26-41(37,38)39)27-29-20-22-32(23-21-29)40-28-31-18-16-17-25-34-31/h8-9,16-18,20-23,25,30H,2-7,10-15,19,24,26-28H2,1H3,(H,35,36)(H2,37,38,39)/t30-/m0/s1. The maximum absolute atomic E-state index is 12.6. The van der Waals surface area contributed by atoms with Crippen LogP contribution in [0, 0.1) is 0 Å². The summed E-state index contributed by atoms with van der Waals surface area (Å²) in [5, 5.41) is 3.02. The van der Waals surface area contributed by atoms with Crippen molar-refractivity contribution < 1.29 is 23.9 Å². The van der Waals surface area contributed by atoms with Crippen LogP contribution in [-0.2, 0) is 22.4 Å². The minimum atomic E-state index is -4.15. The molecule has 0 aliphatic rings. The van der Waals surface area contributed by atoms with E-state index in [1.54, 1.807) is 6.20 Å². The van der Waals surface area contributed by atoms with E-state index in [1.807, 2.05) is 42.5 Å². The van der Waals surface area contributed by atoms with Crippen LogP contribution in [0.3, 0.4) is 0 Å². The Balaban J connectivity index is 1.66. The molecule has 0 aliphatic carbocycles. The average molecular weight is 587 g/mol. The number of rotatable bonds is 23. The van der Waals surface area contributed by atoms with E-state index in [0.29, 0.717) is 25.2 Å². The summed E-state index contributed by atoms with van der Waals surface area (Å²) in [6, 6.07) is 12.9. The molecule has 0 aliphatic heterocycles. The zero-order valence-electron chi connectivity index (χ0n) is 24.9. The minimum Gasteiger partial charge on any atom is -0.487 e. The Morgan fingerprint density at radius 2 is 1.59 bits per heavy atom. The molecular formula is C33H51N2O5P. The lowest BCUT2D eigenvalue weighted by atomic mass is 10.0. The van der Waals surface area contributed by atoms with E-state index >= 15 is 0 Å². The molecule has 0 spiro atoms. The van der Waals surface area contributed by atoms with E-state index in [0.717, 1.165) is 36.9 Å². The Kier molecular flexibility index (Phi) is 18.0. The first kappa shape index (κ1) is 34.7. The van der Waals surface area contributed by atoms with Crippen molar-refractivity contribution >= 4 is 13.5 Å². The van der Waals surface area contributed by atoms with Crippen LogP contribution in [0.25, 0.3) is 0 Å². The normalized spacial score (nSPS) is 12.5. The van der Waals surface area contributed by atoms with Crippen LogP contribution in [-0.4, -0.2) is 32.9 Å². The number of nitrogens with zero attached hydrogens (tertiary/aromatic N) is 1. The Morgan fingerprint density at radius 3 is 2.22 bits per heavy atom. The molecule has 41 heavy (non-hydrogen) atoms. The lowest BCUT2D eigenvalue weighted by Gasteiger charge is -2.19. The van der Waals surface area contributed by atoms with E-state index in [-0.39, 0.29) is 24.5 Å². The van der Waals surface area contributed by atoms with Crippen molar-refractivity contribution in [2.45, 2.75) is 116 Å². The summed E-state index contributed by atoms with van der Waals surface area (Å²) in [4.78, 5) is 35.6. The van der Waals surface area contributed by atoms with Crippen LogP contribution in [0.15, 0.2) is 60.8 Å². The van der Waals surface area contributed by atoms with Gasteiger partial charge in [0, 0.05) is 18.7 Å². The molecule has 1 aromatic carbocycles. The van der Waals surface area contributed by atoms with Crippen molar-refractivity contribution in [1.29, 1.82) is 0 Å². The van der Waals surface area contributed by atoms with Crippen molar-refractivity contribution in [1.82, 2.24) is 10.3 Å². The molecule has 1 aromatic heterocycles. The molecule has 228 valence electrons. The quantitative estimate of drug-likeness (QED) is 0.0694. The predicted molar refractivity (Wildman–Crippen MR) is 167 cm³/mol. The van der Waals surface area contributed by atoms with E-state index < -0.39 is 7.60 Å². The Bertz CT molecular complexity index is 1020. The van der Waals surface area contributed by atoms with E-state index in [1.165, 1.54) is 51.4 Å². The van der Waals surface area contributed by atoms with Gasteiger partial charge in [0.05, 0.1) is 11.9 Å². The second-order valence-electron chi connectivity index (χ2n) is 10.9. The molecule has 7 nitrogen and oxygen atoms in total. The average Bonchev–Trinajstić information content (AvgIpc) is 2.96. The second-order valence-corrected chi connectivity index (χ2v) is 12.7. The van der Waals surface area contributed by atoms with Gasteiger partial charge in [0.15, 0.2) is 0 Å². The van der Waals surface area contributed by atoms with Crippen LogP contribution in [0.5, 0.6) is 5.75 Å². The van der Waals surface area contributed by atoms with Gasteiger partial charge in [-0.1, -0.05) is 82.2 Å². The third-order valence-corrected chi connectivity index (χ3v) is 7.91. The molecule has 0 radical (unpaired) electrons. The highest BCUT2D eigenvalue weighted by Gasteiger charge is 2.19. The topological polar surface area (TPSA) is 109 Å². The van der Waals surface area contributed by atoms with Gasteiger partial charge >= 0.3 is 7.60 Å². The Hall–Kier alpha value is -2.47. The summed E-state index contributed by atoms with van der Waals surface area (Å²) >= 11 is 0. The summed E-state index contributed by atoms with van der Waals surface area (Å²) in [5.74, 6) is 0.655. The van der Waals surface area contributed by atoms with Crippen LogP contribution < -0.4 is 10.1 Å². The number of hydrogen-bond acceptors (Lipinski definition) is 4. The lowest BCUT2D eigenvalue weighted by Crippen LogP contribution is -2.37. The first-order valence-corrected chi connectivity index (χ1v) is 17.3. The van der Waals surface area contributed by atoms with Crippen LogP contribution in [0.1, 0.15) is 108 Å². The largest absolute Gasteiger partial charge is 0.487 e. The number of amides is 1. The Morgan fingerprint density at radius 1 is 0.927 bits per heavy atom. The molecule has 2 aromatic rings. The molecule has 1 amide bonds. The number of benzene rings is 1. The number of carbonyl (C=O) groups excluding carboxylic acids is 1. The molecule has 0 saturated heterocycles. The number of ether oxygens (including phenoxy) is 1. The first-order valence-electron chi connectivity index (χ1n) is 15.5. The number of pyridine rings is 1. The lowest BCUT2D eigenvalue weighted by molar-refractivity contribution is -0.121. The zero-order valence-corrected chi connectivity index (χ0v) is 25.8. The molecular weight excluding hydrogens is 535 g/mol. The fourth-order valence-corrected chi connectivity index (χ4v) is 5.32. The highest BCUT2D eigenvalue weighted by Crippen LogP contribution is 2.35. The number of hydrogen-bond donors (Lipinski definition) is 3. The monoisotopic (exact) mass is 586 g/mol. The summed E-state index contributed by atoms with van der Waals surface area (Å²) in [6.07, 6.45) is 21.6. The number of nitrogens with one attached hydrogen (secondary N) is 1. The molecule has 3 N–H and O–H groups in total. The Labute approximate surface area is 247 Å². The van der Waals surface area contributed by atoms with E-state index in [4.69, 9.17) is 4.74 Å². The van der Waals surface area contributed by atoms with E-state index in [9.17, 15) is 19.1 Å². The molecule has 1 atom stereocenters. The maximum Gasteiger partial charge on any atom is 0.325 e. The molecule has 2 rings (SSSR count). The van der Waals surface area contributed by atoms with Crippen molar-refractivity contribution in [3.63, 3.8) is 0 Å². The molecule has 0 bridgehead atoms. The molecule has 0 unspecified atom stereocenters. The number of aromatic nitrogens is 1. The molecule has 0 fully saturated rings. The number of allylic oxidation sites excluding steroid dienone is 2. The van der Waals surface area contributed by atoms with Gasteiger partial charge in [-0.05, 0) is 74.8 Å². The van der Waals surface area contributed by atoms with Gasteiger partial charge in [-0.15, -0.1) is 0 Å². The number of unbranched alkanes of at least 4 members (excludes halogenated alkanes) is 10. The summed E-state index contributed by atoms with van der Waals surface area (Å²) in [7, 11) is -4.15. The van der Waals surface area contributed by atoms with Gasteiger partial charge < -0.3 is 19.8 Å². The van der Waals surface area contributed by atoms with Gasteiger partial charge in [0.2, 0.25) is 5.91 Å². The van der Waals surface area contributed by atoms with Gasteiger partial charge in [-0.25, -0.2) is 0 Å². The summed E-state index contributed by atoms with van der Waals surface area (Å²) in [6.45, 7) is 2.62. The summed E-state index contributed by atoms with van der Waals surface area (Å²) < 4.78 is 17.3. The van der Waals surface area contributed by atoms with Gasteiger partial charge in [0.25, 0.3) is 0 Å². The highest BCUT2D eigenvalue weighted by molar-refractivity contribution is 7.51. The second kappa shape index (κ2) is 21.3. The number of carbonyl (C=O) groups is 1. The van der Waals surface area contributed by atoms with Crippen LogP contribution in [0.4, 0.5) is 0 Å². The minimum absolute atomic E-state index is 0.0575. The zero-order chi connectivity index (χ0) is 29.6. The van der Waals surface area contributed by atoms with E-state index in [2.05, 4.69) is 29.4 Å². The highest BCUT2D eigenvalue weighted by atomic mass is 31.2. The molecule has 8 heteroatoms. The third-order valence-electron chi connectivity index (χ3n) is 7.07. The van der Waals surface area contributed by atoms with Crippen molar-refractivity contribution in [3.8, 4) is 5.75 Å². The fraction of sp³-hybridized carbons (Fsp3) is 0.576. The van der Waals surface area contributed by atoms with Crippen LogP contribution >= 0.6 is 7.60 Å². The fourth-order valence-electron chi connectivity index (χ4n) is 4.68. The molecule has 0 saturated carbocycles. The van der Waals surface area contributed by atoms with Gasteiger partial charge in [0.1, 0.15) is 12.4 Å². The van der Waals surface area contributed by atoms with Crippen molar-refractivity contribution in [3.05, 3.63) is 72.1 Å². The van der Waals surface area contributed by atoms with Crippen LogP contribution in [0.2, 0.25) is 0 Å².